The molecule has 0 saturated carbocycles. The second-order valence-corrected chi connectivity index (χ2v) is 7.63. The van der Waals surface area contributed by atoms with E-state index in [-0.39, 0.29) is 17.7 Å². The zero-order chi connectivity index (χ0) is 20.1. The Balaban J connectivity index is 1.76. The monoisotopic (exact) mass is 380 g/mol. The molecule has 0 saturated heterocycles. The Hall–Kier alpha value is -2.82. The Morgan fingerprint density at radius 1 is 1.07 bits per heavy atom. The minimum atomic E-state index is -0.553. The molecule has 2 amide bonds. The van der Waals surface area contributed by atoms with E-state index in [1.807, 2.05) is 23.1 Å². The van der Waals surface area contributed by atoms with Gasteiger partial charge in [0.2, 0.25) is 5.91 Å². The summed E-state index contributed by atoms with van der Waals surface area (Å²) in [5, 5.41) is 2.95. The summed E-state index contributed by atoms with van der Waals surface area (Å²) in [4.78, 5) is 27.9. The maximum atomic E-state index is 13.2. The van der Waals surface area contributed by atoms with Gasteiger partial charge in [0.25, 0.3) is 5.91 Å². The minimum Gasteiger partial charge on any atom is -0.496 e. The Morgan fingerprint density at radius 3 is 2.46 bits per heavy atom. The molecule has 0 bridgehead atoms. The molecule has 0 unspecified atom stereocenters. The van der Waals surface area contributed by atoms with Gasteiger partial charge in [-0.3, -0.25) is 9.59 Å². The van der Waals surface area contributed by atoms with Crippen LogP contribution in [0.5, 0.6) is 5.75 Å². The van der Waals surface area contributed by atoms with E-state index in [0.29, 0.717) is 30.8 Å². The highest BCUT2D eigenvalue weighted by molar-refractivity contribution is 5.99. The number of fused-ring (bicyclic) bond motifs is 1. The number of amides is 2. The number of carbonyl (C=O) groups excluding carboxylic acids is 2. The normalized spacial score (nSPS) is 14.4. The number of benzene rings is 2. The van der Waals surface area contributed by atoms with Crippen LogP contribution < -0.4 is 10.1 Å². The van der Waals surface area contributed by atoms with Crippen LogP contribution in [0.25, 0.3) is 0 Å². The first-order valence-corrected chi connectivity index (χ1v) is 9.79. The van der Waals surface area contributed by atoms with Gasteiger partial charge in [-0.1, -0.05) is 50.2 Å². The lowest BCUT2D eigenvalue weighted by Gasteiger charge is -2.32. The molecule has 1 atom stereocenters. The lowest BCUT2D eigenvalue weighted by Crippen LogP contribution is -2.50. The van der Waals surface area contributed by atoms with Crippen LogP contribution in [0.4, 0.5) is 0 Å². The van der Waals surface area contributed by atoms with E-state index in [0.717, 1.165) is 6.42 Å². The van der Waals surface area contributed by atoms with Gasteiger partial charge in [-0.25, -0.2) is 0 Å². The predicted octanol–water partition coefficient (Wildman–Crippen LogP) is 3.42. The van der Waals surface area contributed by atoms with Crippen molar-refractivity contribution in [3.63, 3.8) is 0 Å². The van der Waals surface area contributed by atoms with E-state index in [4.69, 9.17) is 4.74 Å². The van der Waals surface area contributed by atoms with Crippen molar-refractivity contribution in [2.24, 2.45) is 5.92 Å². The second kappa shape index (κ2) is 8.91. The molecule has 0 fully saturated rings. The number of ether oxygens (including phenoxy) is 1. The summed E-state index contributed by atoms with van der Waals surface area (Å²) < 4.78 is 5.29. The fraction of sp³-hybridized carbons (Fsp3) is 0.391. The van der Waals surface area contributed by atoms with Crippen LogP contribution in [0.15, 0.2) is 48.5 Å². The van der Waals surface area contributed by atoms with Gasteiger partial charge >= 0.3 is 0 Å². The number of methoxy groups -OCH3 is 1. The molecule has 148 valence electrons. The second-order valence-electron chi connectivity index (χ2n) is 7.63. The van der Waals surface area contributed by atoms with E-state index < -0.39 is 6.04 Å². The van der Waals surface area contributed by atoms with Crippen LogP contribution in [0.1, 0.15) is 41.8 Å². The Kier molecular flexibility index (Phi) is 6.34. The average Bonchev–Trinajstić information content (AvgIpc) is 2.71. The van der Waals surface area contributed by atoms with E-state index in [1.165, 1.54) is 18.2 Å². The molecule has 0 radical (unpaired) electrons. The van der Waals surface area contributed by atoms with Gasteiger partial charge in [0.15, 0.2) is 0 Å². The van der Waals surface area contributed by atoms with Crippen LogP contribution in [-0.4, -0.2) is 36.4 Å². The molecule has 1 N–H and O–H groups in total. The van der Waals surface area contributed by atoms with Crippen molar-refractivity contribution in [3.05, 3.63) is 65.2 Å². The van der Waals surface area contributed by atoms with Gasteiger partial charge in [-0.15, -0.1) is 0 Å². The lowest BCUT2D eigenvalue weighted by molar-refractivity contribution is -0.134. The standard InChI is InChI=1S/C23H28N2O3/c1-16(2)14-20(24-22(26)19-10-6-7-11-21(19)28-3)23(27)25-13-12-17-8-4-5-9-18(17)15-25/h4-11,16,20H,12-15H2,1-3H3,(H,24,26)/t20-/m1/s1. The maximum absolute atomic E-state index is 13.2. The highest BCUT2D eigenvalue weighted by atomic mass is 16.5. The molecule has 2 aromatic rings. The molecule has 28 heavy (non-hydrogen) atoms. The van der Waals surface area contributed by atoms with E-state index in [1.54, 1.807) is 18.2 Å². The topological polar surface area (TPSA) is 58.6 Å². The number of hydrogen-bond donors (Lipinski definition) is 1. The summed E-state index contributed by atoms with van der Waals surface area (Å²) in [5.74, 6) is 0.479. The predicted molar refractivity (Wildman–Crippen MR) is 109 cm³/mol. The molecule has 0 aromatic heterocycles. The first kappa shape index (κ1) is 19.9. The van der Waals surface area contributed by atoms with E-state index in [2.05, 4.69) is 31.3 Å². The number of rotatable bonds is 6. The third kappa shape index (κ3) is 4.53. The van der Waals surface area contributed by atoms with Gasteiger partial charge in [0, 0.05) is 13.1 Å². The highest BCUT2D eigenvalue weighted by Crippen LogP contribution is 2.21. The summed E-state index contributed by atoms with van der Waals surface area (Å²) in [6, 6.07) is 14.7. The summed E-state index contributed by atoms with van der Waals surface area (Å²) in [6.45, 7) is 5.38. The molecule has 1 aliphatic heterocycles. The smallest absolute Gasteiger partial charge is 0.255 e. The largest absolute Gasteiger partial charge is 0.496 e. The van der Waals surface area contributed by atoms with E-state index >= 15 is 0 Å². The van der Waals surface area contributed by atoms with Crippen molar-refractivity contribution in [2.45, 2.75) is 39.3 Å². The van der Waals surface area contributed by atoms with Gasteiger partial charge in [-0.2, -0.15) is 0 Å². The van der Waals surface area contributed by atoms with Crippen LogP contribution >= 0.6 is 0 Å². The van der Waals surface area contributed by atoms with Gasteiger partial charge < -0.3 is 15.0 Å². The summed E-state index contributed by atoms with van der Waals surface area (Å²) in [7, 11) is 1.54. The van der Waals surface area contributed by atoms with E-state index in [9.17, 15) is 9.59 Å². The average molecular weight is 380 g/mol. The van der Waals surface area contributed by atoms with Crippen molar-refractivity contribution in [1.29, 1.82) is 0 Å². The van der Waals surface area contributed by atoms with Crippen molar-refractivity contribution >= 4 is 11.8 Å². The summed E-state index contributed by atoms with van der Waals surface area (Å²) in [6.07, 6.45) is 1.44. The molecule has 2 aromatic carbocycles. The minimum absolute atomic E-state index is 0.0218. The number of carbonyl (C=O) groups is 2. The third-order valence-electron chi connectivity index (χ3n) is 5.10. The molecule has 5 nitrogen and oxygen atoms in total. The Bertz CT molecular complexity index is 847. The molecule has 0 aliphatic carbocycles. The molecule has 0 spiro atoms. The SMILES string of the molecule is COc1ccccc1C(=O)N[C@H](CC(C)C)C(=O)N1CCc2ccccc2C1. The molecule has 3 rings (SSSR count). The van der Waals surface area contributed by atoms with Crippen molar-refractivity contribution in [3.8, 4) is 5.75 Å². The number of para-hydroxylation sites is 1. The molecular weight excluding hydrogens is 352 g/mol. The van der Waals surface area contributed by atoms with Crippen LogP contribution in [0.3, 0.4) is 0 Å². The fourth-order valence-electron chi connectivity index (χ4n) is 3.67. The zero-order valence-corrected chi connectivity index (χ0v) is 16.8. The lowest BCUT2D eigenvalue weighted by atomic mass is 9.97. The molecular formula is C23H28N2O3. The van der Waals surface area contributed by atoms with Crippen molar-refractivity contribution < 1.29 is 14.3 Å². The molecule has 1 aliphatic rings. The number of nitrogens with one attached hydrogen (secondary N) is 1. The highest BCUT2D eigenvalue weighted by Gasteiger charge is 2.29. The Labute approximate surface area is 166 Å². The first-order valence-electron chi connectivity index (χ1n) is 9.79. The zero-order valence-electron chi connectivity index (χ0n) is 16.8. The van der Waals surface area contributed by atoms with Crippen LogP contribution in [0, 0.1) is 5.92 Å². The van der Waals surface area contributed by atoms with Gasteiger partial charge in [0.1, 0.15) is 11.8 Å². The quantitative estimate of drug-likeness (QED) is 0.835. The molecule has 1 heterocycles. The fourth-order valence-corrected chi connectivity index (χ4v) is 3.67. The summed E-state index contributed by atoms with van der Waals surface area (Å²) in [5.41, 5.74) is 2.92. The number of hydrogen-bond acceptors (Lipinski definition) is 3. The van der Waals surface area contributed by atoms with Crippen molar-refractivity contribution in [2.75, 3.05) is 13.7 Å². The number of nitrogens with zero attached hydrogens (tertiary/aromatic N) is 1. The Morgan fingerprint density at radius 2 is 1.75 bits per heavy atom. The van der Waals surface area contributed by atoms with Crippen molar-refractivity contribution in [1.82, 2.24) is 10.2 Å². The van der Waals surface area contributed by atoms with Crippen LogP contribution in [-0.2, 0) is 17.8 Å². The van der Waals surface area contributed by atoms with Gasteiger partial charge in [-0.05, 0) is 42.0 Å². The summed E-state index contributed by atoms with van der Waals surface area (Å²) >= 11 is 0. The van der Waals surface area contributed by atoms with Gasteiger partial charge in [0.05, 0.1) is 12.7 Å². The maximum Gasteiger partial charge on any atom is 0.255 e. The third-order valence-corrected chi connectivity index (χ3v) is 5.10. The molecule has 5 heteroatoms. The van der Waals surface area contributed by atoms with Crippen LogP contribution in [0.2, 0.25) is 0 Å². The first-order chi connectivity index (χ1) is 13.5.